The number of carbonyl (C=O) groups excluding carboxylic acids is 1. The fourth-order valence-electron chi connectivity index (χ4n) is 1.50. The molecule has 1 atom stereocenters. The Morgan fingerprint density at radius 2 is 2.62 bits per heavy atom. The zero-order valence-corrected chi connectivity index (χ0v) is 10.8. The Kier molecular flexibility index (Phi) is 4.20. The molecule has 1 saturated heterocycles. The Balaban J connectivity index is 1.78. The van der Waals surface area contributed by atoms with E-state index in [0.29, 0.717) is 6.54 Å². The first-order chi connectivity index (χ1) is 7.75. The Bertz CT molecular complexity index is 361. The summed E-state index contributed by atoms with van der Waals surface area (Å²) in [5.74, 6) is 2.04. The maximum Gasteiger partial charge on any atom is 0.238 e. The quantitative estimate of drug-likeness (QED) is 0.840. The van der Waals surface area contributed by atoms with Gasteiger partial charge in [-0.25, -0.2) is 4.98 Å². The van der Waals surface area contributed by atoms with E-state index in [1.807, 2.05) is 24.9 Å². The summed E-state index contributed by atoms with van der Waals surface area (Å²) >= 11 is 3.45. The van der Waals surface area contributed by atoms with Crippen molar-refractivity contribution in [3.63, 3.8) is 0 Å². The predicted octanol–water partition coefficient (Wildman–Crippen LogP) is 0.773. The molecule has 1 aromatic rings. The van der Waals surface area contributed by atoms with Gasteiger partial charge in [0.2, 0.25) is 5.91 Å². The van der Waals surface area contributed by atoms with Gasteiger partial charge in [0.15, 0.2) is 0 Å². The van der Waals surface area contributed by atoms with E-state index in [2.05, 4.69) is 15.6 Å². The van der Waals surface area contributed by atoms with E-state index >= 15 is 0 Å². The van der Waals surface area contributed by atoms with Crippen LogP contribution in [0.3, 0.4) is 0 Å². The molecular formula is C10H15N3OS2. The summed E-state index contributed by atoms with van der Waals surface area (Å²) in [5, 5.41) is 7.09. The lowest BCUT2D eigenvalue weighted by molar-refractivity contribution is -0.122. The van der Waals surface area contributed by atoms with Crippen LogP contribution in [0.5, 0.6) is 0 Å². The highest BCUT2D eigenvalue weighted by Crippen LogP contribution is 2.11. The van der Waals surface area contributed by atoms with Gasteiger partial charge in [0.25, 0.3) is 0 Å². The van der Waals surface area contributed by atoms with Crippen LogP contribution in [0.4, 0.5) is 0 Å². The molecule has 0 radical (unpaired) electrons. The maximum atomic E-state index is 11.8. The molecule has 2 heterocycles. The zero-order valence-electron chi connectivity index (χ0n) is 9.16. The lowest BCUT2D eigenvalue weighted by Gasteiger charge is -2.21. The Hall–Kier alpha value is -0.590. The fourth-order valence-corrected chi connectivity index (χ4v) is 3.16. The maximum absolute atomic E-state index is 11.8. The van der Waals surface area contributed by atoms with Gasteiger partial charge >= 0.3 is 0 Å². The number of hydrogen-bond donors (Lipinski definition) is 2. The van der Waals surface area contributed by atoms with E-state index in [4.69, 9.17) is 0 Å². The van der Waals surface area contributed by atoms with Crippen molar-refractivity contribution in [3.8, 4) is 0 Å². The van der Waals surface area contributed by atoms with E-state index in [0.717, 1.165) is 23.1 Å². The van der Waals surface area contributed by atoms with Gasteiger partial charge < -0.3 is 10.6 Å². The van der Waals surface area contributed by atoms with Crippen molar-refractivity contribution < 1.29 is 4.79 Å². The molecule has 6 heteroatoms. The molecule has 1 aromatic heterocycles. The molecule has 0 saturated carbocycles. The highest BCUT2D eigenvalue weighted by molar-refractivity contribution is 7.99. The van der Waals surface area contributed by atoms with Gasteiger partial charge in [0.05, 0.1) is 12.6 Å². The number of aryl methyl sites for hydroxylation is 1. The minimum Gasteiger partial charge on any atom is -0.348 e. The Labute approximate surface area is 103 Å². The second-order valence-electron chi connectivity index (χ2n) is 3.66. The molecule has 2 rings (SSSR count). The van der Waals surface area contributed by atoms with Crippen molar-refractivity contribution >= 4 is 29.0 Å². The third-order valence-electron chi connectivity index (χ3n) is 2.32. The van der Waals surface area contributed by atoms with Gasteiger partial charge in [-0.2, -0.15) is 11.8 Å². The van der Waals surface area contributed by atoms with Crippen molar-refractivity contribution in [3.05, 3.63) is 16.1 Å². The first-order valence-corrected chi connectivity index (χ1v) is 7.23. The summed E-state index contributed by atoms with van der Waals surface area (Å²) in [5.41, 5.74) is 0. The minimum absolute atomic E-state index is 0.0418. The number of amides is 1. The largest absolute Gasteiger partial charge is 0.348 e. The molecule has 0 bridgehead atoms. The second kappa shape index (κ2) is 5.65. The van der Waals surface area contributed by atoms with Gasteiger partial charge in [-0.05, 0) is 6.92 Å². The van der Waals surface area contributed by atoms with E-state index in [1.165, 1.54) is 4.88 Å². The lowest BCUT2D eigenvalue weighted by atomic mass is 10.3. The SMILES string of the molecule is Cc1cnc(CNC(=O)C2CSCCN2)s1. The van der Waals surface area contributed by atoms with E-state index in [-0.39, 0.29) is 11.9 Å². The molecule has 4 nitrogen and oxygen atoms in total. The topological polar surface area (TPSA) is 54.0 Å². The van der Waals surface area contributed by atoms with Crippen LogP contribution < -0.4 is 10.6 Å². The monoisotopic (exact) mass is 257 g/mol. The van der Waals surface area contributed by atoms with Crippen LogP contribution >= 0.6 is 23.1 Å². The number of nitrogens with one attached hydrogen (secondary N) is 2. The highest BCUT2D eigenvalue weighted by atomic mass is 32.2. The van der Waals surface area contributed by atoms with Crippen molar-refractivity contribution in [2.45, 2.75) is 19.5 Å². The number of rotatable bonds is 3. The van der Waals surface area contributed by atoms with E-state index < -0.39 is 0 Å². The molecule has 1 fully saturated rings. The van der Waals surface area contributed by atoms with Crippen LogP contribution in [-0.2, 0) is 11.3 Å². The van der Waals surface area contributed by atoms with Crippen molar-refractivity contribution in [2.24, 2.45) is 0 Å². The number of thioether (sulfide) groups is 1. The molecule has 1 aliphatic heterocycles. The fraction of sp³-hybridized carbons (Fsp3) is 0.600. The molecule has 0 aromatic carbocycles. The predicted molar refractivity (Wildman–Crippen MR) is 67.8 cm³/mol. The Morgan fingerprint density at radius 3 is 3.25 bits per heavy atom. The molecule has 0 spiro atoms. The zero-order chi connectivity index (χ0) is 11.4. The average molecular weight is 257 g/mol. The molecule has 1 aliphatic rings. The summed E-state index contributed by atoms with van der Waals surface area (Å²) in [4.78, 5) is 17.2. The van der Waals surface area contributed by atoms with Crippen molar-refractivity contribution in [1.29, 1.82) is 0 Å². The first-order valence-electron chi connectivity index (χ1n) is 5.26. The second-order valence-corrected chi connectivity index (χ2v) is 6.13. The smallest absolute Gasteiger partial charge is 0.238 e. The molecule has 16 heavy (non-hydrogen) atoms. The molecule has 0 aliphatic carbocycles. The van der Waals surface area contributed by atoms with Gasteiger partial charge in [0, 0.05) is 29.1 Å². The standard InChI is InChI=1S/C10H15N3OS2/c1-7-4-12-9(16-7)5-13-10(14)8-6-15-3-2-11-8/h4,8,11H,2-3,5-6H2,1H3,(H,13,14). The van der Waals surface area contributed by atoms with Crippen LogP contribution in [0.25, 0.3) is 0 Å². The van der Waals surface area contributed by atoms with Gasteiger partial charge in [0.1, 0.15) is 5.01 Å². The van der Waals surface area contributed by atoms with Gasteiger partial charge in [-0.3, -0.25) is 4.79 Å². The van der Waals surface area contributed by atoms with Crippen LogP contribution in [0.2, 0.25) is 0 Å². The normalized spacial score (nSPS) is 20.7. The van der Waals surface area contributed by atoms with E-state index in [1.54, 1.807) is 11.3 Å². The number of hydrogen-bond acceptors (Lipinski definition) is 5. The molecule has 1 amide bonds. The van der Waals surface area contributed by atoms with Crippen molar-refractivity contribution in [1.82, 2.24) is 15.6 Å². The number of carbonyl (C=O) groups is 1. The molecule has 1 unspecified atom stereocenters. The summed E-state index contributed by atoms with van der Waals surface area (Å²) < 4.78 is 0. The summed E-state index contributed by atoms with van der Waals surface area (Å²) in [6, 6.07) is -0.0418. The van der Waals surface area contributed by atoms with Crippen LogP contribution in [0, 0.1) is 6.92 Å². The number of aromatic nitrogens is 1. The first kappa shape index (κ1) is 11.9. The Morgan fingerprint density at radius 1 is 1.75 bits per heavy atom. The highest BCUT2D eigenvalue weighted by Gasteiger charge is 2.20. The van der Waals surface area contributed by atoms with Crippen LogP contribution in [0.1, 0.15) is 9.88 Å². The summed E-state index contributed by atoms with van der Waals surface area (Å²) in [6.45, 7) is 3.47. The summed E-state index contributed by atoms with van der Waals surface area (Å²) in [6.07, 6.45) is 1.83. The minimum atomic E-state index is -0.0418. The summed E-state index contributed by atoms with van der Waals surface area (Å²) in [7, 11) is 0. The van der Waals surface area contributed by atoms with Crippen molar-refractivity contribution in [2.75, 3.05) is 18.1 Å². The van der Waals surface area contributed by atoms with E-state index in [9.17, 15) is 4.79 Å². The van der Waals surface area contributed by atoms with Gasteiger partial charge in [-0.15, -0.1) is 11.3 Å². The lowest BCUT2D eigenvalue weighted by Crippen LogP contribution is -2.48. The molecule has 88 valence electrons. The average Bonchev–Trinajstić information content (AvgIpc) is 2.73. The molecular weight excluding hydrogens is 242 g/mol. The van der Waals surface area contributed by atoms with Gasteiger partial charge in [-0.1, -0.05) is 0 Å². The number of nitrogens with zero attached hydrogens (tertiary/aromatic N) is 1. The number of thiazole rings is 1. The molecule has 2 N–H and O–H groups in total. The van der Waals surface area contributed by atoms with Crippen LogP contribution in [0.15, 0.2) is 6.20 Å². The third-order valence-corrected chi connectivity index (χ3v) is 4.30. The van der Waals surface area contributed by atoms with Crippen LogP contribution in [-0.4, -0.2) is 35.0 Å². The third kappa shape index (κ3) is 3.20.